The summed E-state index contributed by atoms with van der Waals surface area (Å²) in [5.74, 6) is -0.232. The van der Waals surface area contributed by atoms with E-state index in [2.05, 4.69) is 15.3 Å². The molecular weight excluding hydrogens is 261 g/mol. The molecule has 0 atom stereocenters. The fourth-order valence-electron chi connectivity index (χ4n) is 1.54. The predicted molar refractivity (Wildman–Crippen MR) is 74.7 cm³/mol. The van der Waals surface area contributed by atoms with Gasteiger partial charge in [-0.2, -0.15) is 0 Å². The summed E-state index contributed by atoms with van der Waals surface area (Å²) in [7, 11) is 0. The molecule has 0 aliphatic heterocycles. The summed E-state index contributed by atoms with van der Waals surface area (Å²) in [6.07, 6.45) is 3.46. The van der Waals surface area contributed by atoms with Gasteiger partial charge in [0.05, 0.1) is 4.90 Å². The molecule has 5 heteroatoms. The number of halogens is 1. The maximum atomic E-state index is 13.9. The van der Waals surface area contributed by atoms with Gasteiger partial charge in [0.1, 0.15) is 5.82 Å². The second-order valence-electron chi connectivity index (χ2n) is 4.19. The van der Waals surface area contributed by atoms with Crippen LogP contribution in [0.3, 0.4) is 0 Å². The van der Waals surface area contributed by atoms with Crippen LogP contribution in [0.15, 0.2) is 40.6 Å². The summed E-state index contributed by atoms with van der Waals surface area (Å²) in [4.78, 5) is 8.86. The first-order valence-electron chi connectivity index (χ1n) is 6.14. The molecule has 0 aliphatic rings. The largest absolute Gasteiger partial charge is 0.313 e. The SMILES string of the molecule is CCNCc1ccc(Sc2ncc(C)cn2)c(F)c1. The summed E-state index contributed by atoms with van der Waals surface area (Å²) in [6.45, 7) is 5.49. The Labute approximate surface area is 116 Å². The summed E-state index contributed by atoms with van der Waals surface area (Å²) in [6, 6.07) is 5.25. The van der Waals surface area contributed by atoms with Crippen molar-refractivity contribution in [2.75, 3.05) is 6.54 Å². The molecule has 100 valence electrons. The van der Waals surface area contributed by atoms with Crippen molar-refractivity contribution in [1.29, 1.82) is 0 Å². The summed E-state index contributed by atoms with van der Waals surface area (Å²) >= 11 is 1.24. The van der Waals surface area contributed by atoms with E-state index in [9.17, 15) is 4.39 Å². The first kappa shape index (κ1) is 14.0. The van der Waals surface area contributed by atoms with Crippen molar-refractivity contribution in [2.45, 2.75) is 30.4 Å². The zero-order valence-corrected chi connectivity index (χ0v) is 11.8. The van der Waals surface area contributed by atoms with E-state index in [0.717, 1.165) is 17.7 Å². The lowest BCUT2D eigenvalue weighted by molar-refractivity contribution is 0.596. The molecule has 0 unspecified atom stereocenters. The van der Waals surface area contributed by atoms with Crippen molar-refractivity contribution in [3.8, 4) is 0 Å². The van der Waals surface area contributed by atoms with Crippen LogP contribution in [0, 0.1) is 12.7 Å². The highest BCUT2D eigenvalue weighted by molar-refractivity contribution is 7.99. The molecule has 2 aromatic rings. The van der Waals surface area contributed by atoms with E-state index in [1.165, 1.54) is 11.8 Å². The zero-order chi connectivity index (χ0) is 13.7. The molecule has 1 aromatic carbocycles. The minimum absolute atomic E-state index is 0.232. The Morgan fingerprint density at radius 3 is 2.63 bits per heavy atom. The fraction of sp³-hybridized carbons (Fsp3) is 0.286. The molecule has 1 heterocycles. The van der Waals surface area contributed by atoms with Gasteiger partial charge >= 0.3 is 0 Å². The van der Waals surface area contributed by atoms with Crippen LogP contribution in [0.5, 0.6) is 0 Å². The Balaban J connectivity index is 2.10. The monoisotopic (exact) mass is 277 g/mol. The number of benzene rings is 1. The first-order chi connectivity index (χ1) is 9.19. The van der Waals surface area contributed by atoms with Crippen LogP contribution in [0.25, 0.3) is 0 Å². The van der Waals surface area contributed by atoms with E-state index >= 15 is 0 Å². The van der Waals surface area contributed by atoms with E-state index in [-0.39, 0.29) is 5.82 Å². The maximum absolute atomic E-state index is 13.9. The molecule has 0 aliphatic carbocycles. The van der Waals surface area contributed by atoms with E-state index in [1.807, 2.05) is 19.9 Å². The molecule has 0 bridgehead atoms. The minimum Gasteiger partial charge on any atom is -0.313 e. The quantitative estimate of drug-likeness (QED) is 0.852. The van der Waals surface area contributed by atoms with Crippen LogP contribution < -0.4 is 5.32 Å². The van der Waals surface area contributed by atoms with E-state index in [4.69, 9.17) is 0 Å². The van der Waals surface area contributed by atoms with E-state index in [0.29, 0.717) is 16.6 Å². The molecule has 0 saturated heterocycles. The number of nitrogens with one attached hydrogen (secondary N) is 1. The smallest absolute Gasteiger partial charge is 0.192 e. The van der Waals surface area contributed by atoms with E-state index < -0.39 is 0 Å². The third-order valence-corrected chi connectivity index (χ3v) is 3.48. The number of hydrogen-bond donors (Lipinski definition) is 1. The Hall–Kier alpha value is -1.46. The van der Waals surface area contributed by atoms with Crippen molar-refractivity contribution in [3.05, 3.63) is 47.5 Å². The lowest BCUT2D eigenvalue weighted by Gasteiger charge is -2.06. The van der Waals surface area contributed by atoms with Crippen LogP contribution in [0.4, 0.5) is 4.39 Å². The summed E-state index contributed by atoms with van der Waals surface area (Å²) in [5.41, 5.74) is 1.93. The number of nitrogens with zero attached hydrogens (tertiary/aromatic N) is 2. The second kappa shape index (κ2) is 6.63. The number of hydrogen-bond acceptors (Lipinski definition) is 4. The van der Waals surface area contributed by atoms with Crippen molar-refractivity contribution in [3.63, 3.8) is 0 Å². The van der Waals surface area contributed by atoms with Gasteiger partial charge in [-0.3, -0.25) is 0 Å². The molecule has 0 fully saturated rings. The molecule has 19 heavy (non-hydrogen) atoms. The average Bonchev–Trinajstić information content (AvgIpc) is 2.41. The zero-order valence-electron chi connectivity index (χ0n) is 11.0. The molecular formula is C14H16FN3S. The van der Waals surface area contributed by atoms with Crippen molar-refractivity contribution in [1.82, 2.24) is 15.3 Å². The van der Waals surface area contributed by atoms with Gasteiger partial charge < -0.3 is 5.32 Å². The number of aromatic nitrogens is 2. The van der Waals surface area contributed by atoms with Crippen LogP contribution in [0.1, 0.15) is 18.1 Å². The van der Waals surface area contributed by atoms with Gasteiger partial charge in [-0.1, -0.05) is 13.0 Å². The number of rotatable bonds is 5. The van der Waals surface area contributed by atoms with Crippen molar-refractivity contribution in [2.24, 2.45) is 0 Å². The molecule has 1 aromatic heterocycles. The molecule has 2 rings (SSSR count). The average molecular weight is 277 g/mol. The molecule has 0 saturated carbocycles. The third-order valence-electron chi connectivity index (χ3n) is 2.53. The number of aryl methyl sites for hydroxylation is 1. The first-order valence-corrected chi connectivity index (χ1v) is 6.96. The van der Waals surface area contributed by atoms with Gasteiger partial charge in [0, 0.05) is 18.9 Å². The lowest BCUT2D eigenvalue weighted by Crippen LogP contribution is -2.11. The van der Waals surface area contributed by atoms with Crippen LogP contribution in [0.2, 0.25) is 0 Å². The van der Waals surface area contributed by atoms with Crippen LogP contribution in [-0.2, 0) is 6.54 Å². The normalized spacial score (nSPS) is 10.7. The molecule has 3 nitrogen and oxygen atoms in total. The highest BCUT2D eigenvalue weighted by Crippen LogP contribution is 2.27. The van der Waals surface area contributed by atoms with Gasteiger partial charge in [0.15, 0.2) is 5.16 Å². The summed E-state index contributed by atoms with van der Waals surface area (Å²) < 4.78 is 13.9. The Kier molecular flexibility index (Phi) is 4.87. The Morgan fingerprint density at radius 2 is 2.00 bits per heavy atom. The second-order valence-corrected chi connectivity index (χ2v) is 5.20. The Bertz CT molecular complexity index is 543. The summed E-state index contributed by atoms with van der Waals surface area (Å²) in [5, 5.41) is 3.73. The van der Waals surface area contributed by atoms with Crippen molar-refractivity contribution < 1.29 is 4.39 Å². The van der Waals surface area contributed by atoms with Gasteiger partial charge in [-0.25, -0.2) is 14.4 Å². The fourth-order valence-corrected chi connectivity index (χ4v) is 2.24. The predicted octanol–water partition coefficient (Wildman–Crippen LogP) is 3.18. The third kappa shape index (κ3) is 4.01. The van der Waals surface area contributed by atoms with Crippen LogP contribution in [-0.4, -0.2) is 16.5 Å². The van der Waals surface area contributed by atoms with Crippen LogP contribution >= 0.6 is 11.8 Å². The molecule has 0 radical (unpaired) electrons. The standard InChI is InChI=1S/C14H16FN3S/c1-3-16-9-11-4-5-13(12(15)6-11)19-14-17-7-10(2)8-18-14/h4-8,16H,3,9H2,1-2H3. The van der Waals surface area contributed by atoms with Crippen molar-refractivity contribution >= 4 is 11.8 Å². The van der Waals surface area contributed by atoms with Gasteiger partial charge in [-0.15, -0.1) is 0 Å². The maximum Gasteiger partial charge on any atom is 0.192 e. The molecule has 0 spiro atoms. The lowest BCUT2D eigenvalue weighted by atomic mass is 10.2. The molecule has 1 N–H and O–H groups in total. The van der Waals surface area contributed by atoms with E-state index in [1.54, 1.807) is 24.5 Å². The van der Waals surface area contributed by atoms with Gasteiger partial charge in [0.25, 0.3) is 0 Å². The van der Waals surface area contributed by atoms with Gasteiger partial charge in [0.2, 0.25) is 0 Å². The minimum atomic E-state index is -0.232. The van der Waals surface area contributed by atoms with Gasteiger partial charge in [-0.05, 0) is 48.5 Å². The highest BCUT2D eigenvalue weighted by Gasteiger charge is 2.07. The highest BCUT2D eigenvalue weighted by atomic mass is 32.2. The molecule has 0 amide bonds. The Morgan fingerprint density at radius 1 is 1.26 bits per heavy atom. The topological polar surface area (TPSA) is 37.8 Å².